The van der Waals surface area contributed by atoms with Gasteiger partial charge in [-0.05, 0) is 48.4 Å². The first-order valence-corrected chi connectivity index (χ1v) is 12.4. The van der Waals surface area contributed by atoms with Crippen molar-refractivity contribution in [2.24, 2.45) is 0 Å². The third-order valence-corrected chi connectivity index (χ3v) is 7.97. The second kappa shape index (κ2) is 11.3. The monoisotopic (exact) mass is 447 g/mol. The number of rotatable bonds is 8. The first kappa shape index (κ1) is 22.6. The lowest BCUT2D eigenvalue weighted by molar-refractivity contribution is -0.132. The summed E-state index contributed by atoms with van der Waals surface area (Å²) in [5.74, 6) is 0.179. The van der Waals surface area contributed by atoms with Crippen LogP contribution in [-0.4, -0.2) is 62.1 Å². The summed E-state index contributed by atoms with van der Waals surface area (Å²) in [4.78, 5) is 20.5. The van der Waals surface area contributed by atoms with Crippen LogP contribution in [0.15, 0.2) is 99.6 Å². The van der Waals surface area contributed by atoms with Crippen molar-refractivity contribution in [2.75, 3.05) is 46.4 Å². The van der Waals surface area contributed by atoms with Gasteiger partial charge in [0, 0.05) is 26.7 Å². The molecule has 32 heavy (non-hydrogen) atoms. The normalized spacial score (nSPS) is 14.4. The minimum absolute atomic E-state index is 0.128. The second-order valence-corrected chi connectivity index (χ2v) is 10.1. The molecule has 1 aliphatic rings. The van der Waals surface area contributed by atoms with Gasteiger partial charge in [0.15, 0.2) is 14.7 Å². The lowest BCUT2D eigenvalue weighted by atomic mass is 10.1. The zero-order chi connectivity index (χ0) is 22.2. The van der Waals surface area contributed by atoms with E-state index in [0.29, 0.717) is 6.54 Å². The van der Waals surface area contributed by atoms with E-state index in [1.165, 1.54) is 20.2 Å². The van der Waals surface area contributed by atoms with E-state index >= 15 is 0 Å². The van der Waals surface area contributed by atoms with Gasteiger partial charge in [0.25, 0.3) is 0 Å². The molecule has 1 saturated heterocycles. The van der Waals surface area contributed by atoms with Gasteiger partial charge in [0.2, 0.25) is 5.91 Å². The maximum atomic E-state index is 12.5. The number of nitrogens with zero attached hydrogens (tertiary/aromatic N) is 2. The summed E-state index contributed by atoms with van der Waals surface area (Å²) in [7, 11) is 1.77. The smallest absolute Gasteiger partial charge is 0.236 e. The summed E-state index contributed by atoms with van der Waals surface area (Å²) in [5, 5.41) is 0. The highest BCUT2D eigenvalue weighted by Gasteiger charge is 2.28. The van der Waals surface area contributed by atoms with E-state index in [0.717, 1.165) is 39.3 Å². The molecule has 4 nitrogen and oxygen atoms in total. The van der Waals surface area contributed by atoms with Crippen LogP contribution < -0.4 is 0 Å². The quantitative estimate of drug-likeness (QED) is 0.487. The van der Waals surface area contributed by atoms with Crippen LogP contribution in [0.3, 0.4) is 0 Å². The summed E-state index contributed by atoms with van der Waals surface area (Å²) in [6.07, 6.45) is 0.857. The van der Waals surface area contributed by atoms with Crippen LogP contribution in [0.1, 0.15) is 5.56 Å². The van der Waals surface area contributed by atoms with Gasteiger partial charge in [0.1, 0.15) is 0 Å². The Morgan fingerprint density at radius 2 is 1.38 bits per heavy atom. The molecule has 166 valence electrons. The summed E-state index contributed by atoms with van der Waals surface area (Å²) in [5.41, 5.74) is 1.25. The Bertz CT molecular complexity index is 934. The molecule has 0 atom stereocenters. The number of benzene rings is 3. The average Bonchev–Trinajstić information content (AvgIpc) is 2.85. The van der Waals surface area contributed by atoms with Crippen LogP contribution in [0.4, 0.5) is 0 Å². The lowest BCUT2D eigenvalue weighted by Gasteiger charge is -2.28. The van der Waals surface area contributed by atoms with Gasteiger partial charge >= 0.3 is 0 Å². The summed E-state index contributed by atoms with van der Waals surface area (Å²) in [6.45, 7) is 4.33. The van der Waals surface area contributed by atoms with Gasteiger partial charge in [-0.3, -0.25) is 9.69 Å². The first-order chi connectivity index (χ1) is 15.7. The predicted octanol–water partition coefficient (Wildman–Crippen LogP) is 4.12. The Labute approximate surface area is 194 Å². The van der Waals surface area contributed by atoms with E-state index < -0.39 is 0 Å². The average molecular weight is 448 g/mol. The Morgan fingerprint density at radius 3 is 1.94 bits per heavy atom. The van der Waals surface area contributed by atoms with Crippen molar-refractivity contribution in [1.29, 1.82) is 0 Å². The van der Waals surface area contributed by atoms with Crippen LogP contribution in [-0.2, 0) is 26.8 Å². The topological polar surface area (TPSA) is 32.8 Å². The van der Waals surface area contributed by atoms with Crippen molar-refractivity contribution in [1.82, 2.24) is 9.80 Å². The van der Waals surface area contributed by atoms with Gasteiger partial charge in [-0.15, -0.1) is 0 Å². The molecule has 0 aromatic heterocycles. The standard InChI is InChI=1S/C27H31N2O2S/c1-28(27(30)22-29-18-20-31-21-19-29)17-16-23-12-14-26(15-13-23)32(24-8-4-2-5-9-24)25-10-6-3-7-11-25/h2-15H,16-22H2,1H3/q+1. The molecular formula is C27H31N2O2S+. The van der Waals surface area contributed by atoms with E-state index in [2.05, 4.69) is 89.8 Å². The molecule has 0 N–H and O–H groups in total. The summed E-state index contributed by atoms with van der Waals surface area (Å²) in [6, 6.07) is 30.3. The number of likely N-dealkylation sites (N-methyl/N-ethyl adjacent to an activating group) is 1. The van der Waals surface area contributed by atoms with Crippen molar-refractivity contribution >= 4 is 16.8 Å². The molecule has 3 aromatic carbocycles. The zero-order valence-electron chi connectivity index (χ0n) is 18.7. The molecule has 0 unspecified atom stereocenters. The fraction of sp³-hybridized carbons (Fsp3) is 0.296. The van der Waals surface area contributed by atoms with Crippen LogP contribution in [0.2, 0.25) is 0 Å². The van der Waals surface area contributed by atoms with Gasteiger partial charge in [-0.25, -0.2) is 0 Å². The maximum absolute atomic E-state index is 12.5. The fourth-order valence-corrected chi connectivity index (χ4v) is 5.89. The molecular weight excluding hydrogens is 416 g/mol. The molecule has 4 rings (SSSR count). The number of carbonyl (C=O) groups excluding carboxylic acids is 1. The van der Waals surface area contributed by atoms with Gasteiger partial charge < -0.3 is 9.64 Å². The van der Waals surface area contributed by atoms with Crippen molar-refractivity contribution < 1.29 is 9.53 Å². The number of amides is 1. The summed E-state index contributed by atoms with van der Waals surface area (Å²) < 4.78 is 5.36. The third kappa shape index (κ3) is 6.00. The van der Waals surface area contributed by atoms with Crippen molar-refractivity contribution in [3.63, 3.8) is 0 Å². The molecule has 1 amide bonds. The predicted molar refractivity (Wildman–Crippen MR) is 130 cm³/mol. The number of morpholine rings is 1. The van der Waals surface area contributed by atoms with E-state index in [4.69, 9.17) is 4.74 Å². The molecule has 0 aliphatic carbocycles. The Kier molecular flexibility index (Phi) is 7.99. The number of ether oxygens (including phenoxy) is 1. The molecule has 1 heterocycles. The molecule has 5 heteroatoms. The molecule has 0 spiro atoms. The molecule has 1 fully saturated rings. The minimum atomic E-state index is -0.128. The first-order valence-electron chi connectivity index (χ1n) is 11.2. The largest absolute Gasteiger partial charge is 0.379 e. The minimum Gasteiger partial charge on any atom is -0.379 e. The van der Waals surface area contributed by atoms with E-state index in [1.54, 1.807) is 0 Å². The van der Waals surface area contributed by atoms with Crippen LogP contribution in [0.5, 0.6) is 0 Å². The lowest BCUT2D eigenvalue weighted by Crippen LogP contribution is -2.44. The highest BCUT2D eigenvalue weighted by molar-refractivity contribution is 7.97. The second-order valence-electron chi connectivity index (χ2n) is 8.03. The Balaban J connectivity index is 1.39. The van der Waals surface area contributed by atoms with Crippen LogP contribution in [0, 0.1) is 0 Å². The van der Waals surface area contributed by atoms with Gasteiger partial charge in [-0.2, -0.15) is 0 Å². The Morgan fingerprint density at radius 1 is 0.844 bits per heavy atom. The van der Waals surface area contributed by atoms with Crippen molar-refractivity contribution in [3.8, 4) is 0 Å². The third-order valence-electron chi connectivity index (χ3n) is 5.74. The maximum Gasteiger partial charge on any atom is 0.236 e. The number of hydrogen-bond acceptors (Lipinski definition) is 3. The van der Waals surface area contributed by atoms with Crippen LogP contribution in [0.25, 0.3) is 0 Å². The van der Waals surface area contributed by atoms with Gasteiger partial charge in [0.05, 0.1) is 30.7 Å². The molecule has 3 aromatic rings. The highest BCUT2D eigenvalue weighted by Crippen LogP contribution is 2.31. The molecule has 1 aliphatic heterocycles. The van der Waals surface area contributed by atoms with Crippen LogP contribution >= 0.6 is 0 Å². The Hall–Kier alpha value is -2.60. The highest BCUT2D eigenvalue weighted by atomic mass is 32.2. The van der Waals surface area contributed by atoms with E-state index in [-0.39, 0.29) is 16.8 Å². The van der Waals surface area contributed by atoms with Crippen molar-refractivity contribution in [3.05, 3.63) is 90.5 Å². The fourth-order valence-electron chi connectivity index (χ4n) is 3.81. The zero-order valence-corrected chi connectivity index (χ0v) is 19.5. The van der Waals surface area contributed by atoms with E-state index in [9.17, 15) is 4.79 Å². The van der Waals surface area contributed by atoms with E-state index in [1.807, 2.05) is 11.9 Å². The summed E-state index contributed by atoms with van der Waals surface area (Å²) >= 11 is 0. The van der Waals surface area contributed by atoms with Crippen molar-refractivity contribution in [2.45, 2.75) is 21.1 Å². The number of carbonyl (C=O) groups is 1. The SMILES string of the molecule is CN(CCc1ccc([S+](c2ccccc2)c2ccccc2)cc1)C(=O)CN1CCOCC1. The number of hydrogen-bond donors (Lipinski definition) is 0. The molecule has 0 saturated carbocycles. The van der Waals surface area contributed by atoms with Gasteiger partial charge in [-0.1, -0.05) is 48.5 Å². The molecule has 0 radical (unpaired) electrons. The molecule has 0 bridgehead atoms.